The van der Waals surface area contributed by atoms with Crippen molar-refractivity contribution in [2.24, 2.45) is 0 Å². The summed E-state index contributed by atoms with van der Waals surface area (Å²) < 4.78 is 7.11. The predicted octanol–water partition coefficient (Wildman–Crippen LogP) is 5.60. The SMILES string of the molecule is CC[C@@](C#N)(/C(Oc1ccccc1)=C(\C)I)c1ccccc1. The number of halogens is 1. The lowest BCUT2D eigenvalue weighted by Gasteiger charge is -2.29. The molecule has 0 amide bonds. The molecule has 0 aliphatic heterocycles. The van der Waals surface area contributed by atoms with Gasteiger partial charge in [-0.05, 0) is 53.6 Å². The van der Waals surface area contributed by atoms with Crippen LogP contribution in [0.5, 0.6) is 5.75 Å². The van der Waals surface area contributed by atoms with Gasteiger partial charge in [0.2, 0.25) is 0 Å². The van der Waals surface area contributed by atoms with Crippen LogP contribution in [0.1, 0.15) is 25.8 Å². The first-order valence-corrected chi connectivity index (χ1v) is 8.28. The highest BCUT2D eigenvalue weighted by Gasteiger charge is 2.38. The fourth-order valence-corrected chi connectivity index (χ4v) is 3.04. The lowest BCUT2D eigenvalue weighted by atomic mass is 9.77. The van der Waals surface area contributed by atoms with Crippen LogP contribution in [0, 0.1) is 11.3 Å². The number of hydrogen-bond donors (Lipinski definition) is 0. The van der Waals surface area contributed by atoms with E-state index in [2.05, 4.69) is 28.7 Å². The Morgan fingerprint density at radius 1 is 1.09 bits per heavy atom. The second kappa shape index (κ2) is 7.46. The molecule has 0 heterocycles. The minimum atomic E-state index is -0.775. The van der Waals surface area contributed by atoms with Crippen molar-refractivity contribution >= 4 is 22.6 Å². The first kappa shape index (κ1) is 16.6. The van der Waals surface area contributed by atoms with Crippen molar-refractivity contribution in [3.05, 3.63) is 75.6 Å². The van der Waals surface area contributed by atoms with Gasteiger partial charge in [-0.2, -0.15) is 5.26 Å². The van der Waals surface area contributed by atoms with Crippen molar-refractivity contribution in [2.45, 2.75) is 25.7 Å². The van der Waals surface area contributed by atoms with Gasteiger partial charge in [-0.1, -0.05) is 55.5 Å². The van der Waals surface area contributed by atoms with Crippen LogP contribution in [-0.4, -0.2) is 0 Å². The van der Waals surface area contributed by atoms with Gasteiger partial charge in [-0.15, -0.1) is 0 Å². The second-order valence-corrected chi connectivity index (χ2v) is 6.63. The summed E-state index contributed by atoms with van der Waals surface area (Å²) in [6.45, 7) is 3.99. The fourth-order valence-electron chi connectivity index (χ4n) is 2.47. The van der Waals surface area contributed by atoms with Crippen LogP contribution >= 0.6 is 22.6 Å². The molecule has 0 radical (unpaired) electrons. The molecule has 0 bridgehead atoms. The third-order valence-electron chi connectivity index (χ3n) is 3.65. The van der Waals surface area contributed by atoms with E-state index < -0.39 is 5.41 Å². The molecule has 22 heavy (non-hydrogen) atoms. The summed E-state index contributed by atoms with van der Waals surface area (Å²) >= 11 is 2.23. The number of para-hydroxylation sites is 1. The third kappa shape index (κ3) is 3.33. The minimum absolute atomic E-state index is 0.649. The molecule has 0 fully saturated rings. The summed E-state index contributed by atoms with van der Waals surface area (Å²) in [4.78, 5) is 0. The number of allylic oxidation sites excluding steroid dienone is 2. The summed E-state index contributed by atoms with van der Waals surface area (Å²) in [5, 5.41) is 9.96. The Hall–Kier alpha value is -1.80. The summed E-state index contributed by atoms with van der Waals surface area (Å²) in [6.07, 6.45) is 0.649. The van der Waals surface area contributed by atoms with E-state index in [1.165, 1.54) is 0 Å². The summed E-state index contributed by atoms with van der Waals surface area (Å²) in [6, 6.07) is 22.0. The van der Waals surface area contributed by atoms with E-state index >= 15 is 0 Å². The van der Waals surface area contributed by atoms with Crippen LogP contribution in [-0.2, 0) is 5.41 Å². The molecule has 0 saturated heterocycles. The maximum absolute atomic E-state index is 9.96. The van der Waals surface area contributed by atoms with Gasteiger partial charge in [0.15, 0.2) is 0 Å². The van der Waals surface area contributed by atoms with Crippen molar-refractivity contribution in [2.75, 3.05) is 0 Å². The molecule has 0 spiro atoms. The van der Waals surface area contributed by atoms with E-state index in [0.717, 1.165) is 14.9 Å². The minimum Gasteiger partial charge on any atom is -0.459 e. The summed E-state index contributed by atoms with van der Waals surface area (Å²) in [5.41, 5.74) is 0.185. The quantitative estimate of drug-likeness (QED) is 0.481. The average Bonchev–Trinajstić information content (AvgIpc) is 2.57. The topological polar surface area (TPSA) is 33.0 Å². The third-order valence-corrected chi connectivity index (χ3v) is 4.14. The average molecular weight is 403 g/mol. The number of ether oxygens (including phenoxy) is 1. The first-order chi connectivity index (χ1) is 10.6. The summed E-state index contributed by atoms with van der Waals surface area (Å²) in [7, 11) is 0. The summed E-state index contributed by atoms with van der Waals surface area (Å²) in [5.74, 6) is 1.45. The van der Waals surface area contributed by atoms with Crippen LogP contribution < -0.4 is 4.74 Å². The van der Waals surface area contributed by atoms with Gasteiger partial charge in [0, 0.05) is 3.58 Å². The smallest absolute Gasteiger partial charge is 0.140 e. The molecule has 0 aromatic heterocycles. The number of benzene rings is 2. The van der Waals surface area contributed by atoms with E-state index in [1.54, 1.807) is 0 Å². The van der Waals surface area contributed by atoms with Crippen LogP contribution in [0.2, 0.25) is 0 Å². The van der Waals surface area contributed by atoms with Gasteiger partial charge >= 0.3 is 0 Å². The molecule has 0 saturated carbocycles. The number of nitrogens with zero attached hydrogens (tertiary/aromatic N) is 1. The zero-order chi connectivity index (χ0) is 16.0. The molecule has 0 N–H and O–H groups in total. The molecular formula is C19H18INO. The van der Waals surface area contributed by atoms with E-state index in [1.807, 2.05) is 74.5 Å². The number of hydrogen-bond acceptors (Lipinski definition) is 2. The lowest BCUT2D eigenvalue weighted by molar-refractivity contribution is 0.341. The maximum atomic E-state index is 9.96. The number of rotatable bonds is 5. The molecule has 2 aromatic carbocycles. The van der Waals surface area contributed by atoms with E-state index in [4.69, 9.17) is 4.74 Å². The highest BCUT2D eigenvalue weighted by atomic mass is 127. The van der Waals surface area contributed by atoms with Crippen LogP contribution in [0.15, 0.2) is 70.0 Å². The van der Waals surface area contributed by atoms with Gasteiger partial charge < -0.3 is 4.74 Å². The van der Waals surface area contributed by atoms with Crippen molar-refractivity contribution in [3.63, 3.8) is 0 Å². The molecule has 0 aliphatic carbocycles. The first-order valence-electron chi connectivity index (χ1n) is 7.20. The Kier molecular flexibility index (Phi) is 5.62. The number of nitriles is 1. The zero-order valence-electron chi connectivity index (χ0n) is 12.7. The Labute approximate surface area is 145 Å². The lowest BCUT2D eigenvalue weighted by Crippen LogP contribution is -2.29. The monoisotopic (exact) mass is 403 g/mol. The molecule has 3 heteroatoms. The van der Waals surface area contributed by atoms with Crippen molar-refractivity contribution in [3.8, 4) is 11.8 Å². The van der Waals surface area contributed by atoms with Gasteiger partial charge in [-0.25, -0.2) is 0 Å². The Bertz CT molecular complexity index is 684. The highest BCUT2D eigenvalue weighted by Crippen LogP contribution is 2.39. The Morgan fingerprint density at radius 3 is 2.09 bits per heavy atom. The predicted molar refractivity (Wildman–Crippen MR) is 97.8 cm³/mol. The van der Waals surface area contributed by atoms with Crippen LogP contribution in [0.25, 0.3) is 0 Å². The van der Waals surface area contributed by atoms with Crippen LogP contribution in [0.3, 0.4) is 0 Å². The largest absolute Gasteiger partial charge is 0.459 e. The standard InChI is InChI=1S/C19H18INO/c1-3-19(14-21,16-10-6-4-7-11-16)18(15(2)20)22-17-12-8-5-9-13-17/h4-13H,3H2,1-2H3/b18-15-/t19-/m0/s1. The Balaban J connectivity index is 2.54. The van der Waals surface area contributed by atoms with Crippen molar-refractivity contribution in [1.82, 2.24) is 0 Å². The normalized spacial score (nSPS) is 14.5. The molecule has 0 unspecified atom stereocenters. The highest BCUT2D eigenvalue weighted by molar-refractivity contribution is 14.1. The molecule has 2 rings (SSSR count). The maximum Gasteiger partial charge on any atom is 0.140 e. The molecule has 1 atom stereocenters. The zero-order valence-corrected chi connectivity index (χ0v) is 14.9. The molecule has 2 aromatic rings. The van der Waals surface area contributed by atoms with Crippen molar-refractivity contribution < 1.29 is 4.74 Å². The van der Waals surface area contributed by atoms with Gasteiger partial charge in [0.1, 0.15) is 16.9 Å². The second-order valence-electron chi connectivity index (χ2n) is 5.01. The molecule has 0 aliphatic rings. The fraction of sp³-hybridized carbons (Fsp3) is 0.211. The van der Waals surface area contributed by atoms with E-state index in [-0.39, 0.29) is 0 Å². The van der Waals surface area contributed by atoms with Crippen LogP contribution in [0.4, 0.5) is 0 Å². The molecule has 112 valence electrons. The van der Waals surface area contributed by atoms with Gasteiger partial charge in [-0.3, -0.25) is 0 Å². The van der Waals surface area contributed by atoms with Gasteiger partial charge in [0.05, 0.1) is 6.07 Å². The Morgan fingerprint density at radius 2 is 1.64 bits per heavy atom. The van der Waals surface area contributed by atoms with Gasteiger partial charge in [0.25, 0.3) is 0 Å². The van der Waals surface area contributed by atoms with Crippen molar-refractivity contribution in [1.29, 1.82) is 5.26 Å². The molecule has 2 nitrogen and oxygen atoms in total. The van der Waals surface area contributed by atoms with E-state index in [9.17, 15) is 5.26 Å². The van der Waals surface area contributed by atoms with E-state index in [0.29, 0.717) is 12.2 Å². The molecular weight excluding hydrogens is 385 g/mol.